The van der Waals surface area contributed by atoms with Crippen LogP contribution in [-0.2, 0) is 0 Å². The zero-order valence-corrected chi connectivity index (χ0v) is 10.5. The number of rotatable bonds is 2. The topological polar surface area (TPSA) is 80.6 Å². The highest BCUT2D eigenvalue weighted by atomic mass is 19.2. The second kappa shape index (κ2) is 4.55. The molecule has 0 fully saturated rings. The van der Waals surface area contributed by atoms with Gasteiger partial charge in [0.05, 0.1) is 5.56 Å². The highest BCUT2D eigenvalue weighted by molar-refractivity contribution is 5.89. The van der Waals surface area contributed by atoms with E-state index in [2.05, 4.69) is 4.98 Å². The SMILES string of the molecule is Nc1c(-c2ccc(F)c(F)c2)nc2cc(C(=O)O)ccn12. The zero-order chi connectivity index (χ0) is 15.1. The van der Waals surface area contributed by atoms with Crippen LogP contribution in [0.2, 0.25) is 0 Å². The molecular weight excluding hydrogens is 280 g/mol. The van der Waals surface area contributed by atoms with Crippen LogP contribution in [-0.4, -0.2) is 20.5 Å². The predicted octanol–water partition coefficient (Wildman–Crippen LogP) is 2.56. The number of carboxylic acids is 1. The fourth-order valence-corrected chi connectivity index (χ4v) is 2.05. The number of nitrogens with two attached hydrogens (primary N) is 1. The van der Waals surface area contributed by atoms with Crippen molar-refractivity contribution in [1.29, 1.82) is 0 Å². The number of carbonyl (C=O) groups is 1. The number of halogens is 2. The summed E-state index contributed by atoms with van der Waals surface area (Å²) in [6, 6.07) is 6.06. The van der Waals surface area contributed by atoms with Crippen LogP contribution in [0.1, 0.15) is 10.4 Å². The zero-order valence-electron chi connectivity index (χ0n) is 10.5. The van der Waals surface area contributed by atoms with E-state index >= 15 is 0 Å². The molecule has 0 spiro atoms. The van der Waals surface area contributed by atoms with E-state index < -0.39 is 17.6 Å². The van der Waals surface area contributed by atoms with Gasteiger partial charge in [-0.15, -0.1) is 0 Å². The average molecular weight is 289 g/mol. The molecule has 0 unspecified atom stereocenters. The first kappa shape index (κ1) is 13.0. The molecule has 0 aliphatic carbocycles. The van der Waals surface area contributed by atoms with Gasteiger partial charge >= 0.3 is 5.97 Å². The van der Waals surface area contributed by atoms with Gasteiger partial charge in [-0.05, 0) is 30.3 Å². The lowest BCUT2D eigenvalue weighted by atomic mass is 10.1. The molecule has 3 aromatic rings. The molecular formula is C14H9F2N3O2. The van der Waals surface area contributed by atoms with Crippen molar-refractivity contribution in [2.45, 2.75) is 0 Å². The Morgan fingerprint density at radius 1 is 1.19 bits per heavy atom. The van der Waals surface area contributed by atoms with E-state index in [9.17, 15) is 13.6 Å². The molecule has 7 heteroatoms. The molecule has 0 saturated heterocycles. The van der Waals surface area contributed by atoms with Crippen molar-refractivity contribution in [3.63, 3.8) is 0 Å². The maximum Gasteiger partial charge on any atom is 0.335 e. The molecule has 0 bridgehead atoms. The van der Waals surface area contributed by atoms with Crippen molar-refractivity contribution in [3.8, 4) is 11.3 Å². The van der Waals surface area contributed by atoms with Gasteiger partial charge in [-0.2, -0.15) is 0 Å². The van der Waals surface area contributed by atoms with E-state index in [4.69, 9.17) is 10.8 Å². The van der Waals surface area contributed by atoms with Gasteiger partial charge in [0.15, 0.2) is 11.6 Å². The average Bonchev–Trinajstić information content (AvgIpc) is 2.78. The number of hydrogen-bond acceptors (Lipinski definition) is 3. The maximum atomic E-state index is 13.3. The third-order valence-corrected chi connectivity index (χ3v) is 3.10. The smallest absolute Gasteiger partial charge is 0.335 e. The number of aromatic carboxylic acids is 1. The number of carboxylic acid groups (broad SMARTS) is 1. The third kappa shape index (κ3) is 2.08. The standard InChI is InChI=1S/C14H9F2N3O2/c15-9-2-1-7(5-10(9)16)12-13(17)19-4-3-8(14(20)21)6-11(19)18-12/h1-6H,17H2,(H,20,21). The maximum absolute atomic E-state index is 13.3. The van der Waals surface area contributed by atoms with Crippen molar-refractivity contribution in [3.05, 3.63) is 53.7 Å². The normalized spacial score (nSPS) is 11.0. The van der Waals surface area contributed by atoms with Gasteiger partial charge in [0, 0.05) is 11.8 Å². The summed E-state index contributed by atoms with van der Waals surface area (Å²) in [6.07, 6.45) is 1.46. The van der Waals surface area contributed by atoms with Crippen molar-refractivity contribution in [2.24, 2.45) is 0 Å². The van der Waals surface area contributed by atoms with Gasteiger partial charge in [0.2, 0.25) is 0 Å². The summed E-state index contributed by atoms with van der Waals surface area (Å²) in [4.78, 5) is 15.1. The second-order valence-corrected chi connectivity index (χ2v) is 4.42. The number of anilines is 1. The minimum Gasteiger partial charge on any atom is -0.478 e. The Morgan fingerprint density at radius 3 is 2.62 bits per heavy atom. The number of imidazole rings is 1. The molecule has 2 heterocycles. The quantitative estimate of drug-likeness (QED) is 0.759. The molecule has 0 aliphatic heterocycles. The lowest BCUT2D eigenvalue weighted by Gasteiger charge is -2.00. The van der Waals surface area contributed by atoms with Crippen molar-refractivity contribution in [2.75, 3.05) is 5.73 Å². The Morgan fingerprint density at radius 2 is 1.95 bits per heavy atom. The van der Waals surface area contributed by atoms with E-state index in [0.717, 1.165) is 12.1 Å². The highest BCUT2D eigenvalue weighted by Gasteiger charge is 2.14. The first-order chi connectivity index (χ1) is 9.97. The molecule has 1 aromatic carbocycles. The summed E-state index contributed by atoms with van der Waals surface area (Å²) in [5, 5.41) is 8.94. The van der Waals surface area contributed by atoms with E-state index in [1.54, 1.807) is 0 Å². The first-order valence-electron chi connectivity index (χ1n) is 5.93. The summed E-state index contributed by atoms with van der Waals surface area (Å²) < 4.78 is 27.7. The van der Waals surface area contributed by atoms with Crippen LogP contribution in [0.25, 0.3) is 16.9 Å². The lowest BCUT2D eigenvalue weighted by Crippen LogP contribution is -1.99. The second-order valence-electron chi connectivity index (χ2n) is 4.42. The fraction of sp³-hybridized carbons (Fsp3) is 0. The summed E-state index contributed by atoms with van der Waals surface area (Å²) >= 11 is 0. The summed E-state index contributed by atoms with van der Waals surface area (Å²) in [5.41, 5.74) is 6.87. The number of benzene rings is 1. The predicted molar refractivity (Wildman–Crippen MR) is 71.9 cm³/mol. The van der Waals surface area contributed by atoms with Gasteiger partial charge in [-0.3, -0.25) is 4.40 Å². The number of hydrogen-bond donors (Lipinski definition) is 2. The van der Waals surface area contributed by atoms with Gasteiger partial charge in [-0.25, -0.2) is 18.6 Å². The molecule has 21 heavy (non-hydrogen) atoms. The fourth-order valence-electron chi connectivity index (χ4n) is 2.05. The first-order valence-corrected chi connectivity index (χ1v) is 5.93. The van der Waals surface area contributed by atoms with E-state index in [1.807, 2.05) is 0 Å². The minimum atomic E-state index is -1.09. The number of pyridine rings is 1. The molecule has 106 valence electrons. The number of nitrogen functional groups attached to an aromatic ring is 1. The monoisotopic (exact) mass is 289 g/mol. The van der Waals surface area contributed by atoms with Crippen LogP contribution in [0.4, 0.5) is 14.6 Å². The van der Waals surface area contributed by atoms with E-state index in [-0.39, 0.29) is 17.1 Å². The van der Waals surface area contributed by atoms with Crippen LogP contribution < -0.4 is 5.73 Å². The summed E-state index contributed by atoms with van der Waals surface area (Å²) in [5.74, 6) is -2.84. The lowest BCUT2D eigenvalue weighted by molar-refractivity contribution is 0.0697. The van der Waals surface area contributed by atoms with Gasteiger partial charge < -0.3 is 10.8 Å². The van der Waals surface area contributed by atoms with Crippen molar-refractivity contribution < 1.29 is 18.7 Å². The Balaban J connectivity index is 2.21. The highest BCUT2D eigenvalue weighted by Crippen LogP contribution is 2.27. The molecule has 3 rings (SSSR count). The molecule has 0 radical (unpaired) electrons. The molecule has 0 saturated carbocycles. The Kier molecular flexibility index (Phi) is 2.83. The van der Waals surface area contributed by atoms with E-state index in [0.29, 0.717) is 11.2 Å². The Hall–Kier alpha value is -2.96. The molecule has 2 aromatic heterocycles. The Labute approximate surface area is 117 Å². The largest absolute Gasteiger partial charge is 0.478 e. The molecule has 5 nitrogen and oxygen atoms in total. The van der Waals surface area contributed by atoms with Crippen LogP contribution in [0.5, 0.6) is 0 Å². The van der Waals surface area contributed by atoms with Crippen molar-refractivity contribution in [1.82, 2.24) is 9.38 Å². The third-order valence-electron chi connectivity index (χ3n) is 3.10. The summed E-state index contributed by atoms with van der Waals surface area (Å²) in [7, 11) is 0. The molecule has 0 atom stereocenters. The minimum absolute atomic E-state index is 0.0596. The van der Waals surface area contributed by atoms with Crippen LogP contribution in [0.15, 0.2) is 36.5 Å². The molecule has 0 amide bonds. The van der Waals surface area contributed by atoms with Gasteiger partial charge in [0.1, 0.15) is 17.2 Å². The number of aromatic nitrogens is 2. The molecule has 3 N–H and O–H groups in total. The Bertz CT molecular complexity index is 874. The van der Waals surface area contributed by atoms with Crippen molar-refractivity contribution >= 4 is 17.4 Å². The van der Waals surface area contributed by atoms with Gasteiger partial charge in [-0.1, -0.05) is 0 Å². The van der Waals surface area contributed by atoms with E-state index in [1.165, 1.54) is 28.8 Å². The van der Waals surface area contributed by atoms with Crippen LogP contribution >= 0.6 is 0 Å². The number of nitrogens with zero attached hydrogens (tertiary/aromatic N) is 2. The summed E-state index contributed by atoms with van der Waals surface area (Å²) in [6.45, 7) is 0. The molecule has 0 aliphatic rings. The van der Waals surface area contributed by atoms with Crippen LogP contribution in [0, 0.1) is 11.6 Å². The van der Waals surface area contributed by atoms with Crippen LogP contribution in [0.3, 0.4) is 0 Å². The van der Waals surface area contributed by atoms with Gasteiger partial charge in [0.25, 0.3) is 0 Å². The number of fused-ring (bicyclic) bond motifs is 1.